The standard InChI is InChI=1S/C13H19N3O2S/c1-10-5-8-18-12(10)13-16-15-11(19-13)4-3-6-14-7-9-17-2/h5,8,14H,3-4,6-7,9H2,1-2H3. The van der Waals surface area contributed by atoms with Gasteiger partial charge in [-0.25, -0.2) is 0 Å². The Balaban J connectivity index is 1.77. The van der Waals surface area contributed by atoms with Gasteiger partial charge in [-0.3, -0.25) is 0 Å². The highest BCUT2D eigenvalue weighted by atomic mass is 32.1. The number of aryl methyl sites for hydroxylation is 2. The van der Waals surface area contributed by atoms with E-state index in [-0.39, 0.29) is 0 Å². The fourth-order valence-corrected chi connectivity index (χ4v) is 2.64. The lowest BCUT2D eigenvalue weighted by Crippen LogP contribution is -2.20. The molecule has 0 aliphatic rings. The molecule has 0 spiro atoms. The lowest BCUT2D eigenvalue weighted by molar-refractivity contribution is 0.199. The van der Waals surface area contributed by atoms with Crippen molar-refractivity contribution in [2.75, 3.05) is 26.8 Å². The van der Waals surface area contributed by atoms with Gasteiger partial charge >= 0.3 is 0 Å². The van der Waals surface area contributed by atoms with Crippen LogP contribution >= 0.6 is 11.3 Å². The van der Waals surface area contributed by atoms with E-state index in [0.29, 0.717) is 0 Å². The molecule has 5 nitrogen and oxygen atoms in total. The van der Waals surface area contributed by atoms with E-state index < -0.39 is 0 Å². The van der Waals surface area contributed by atoms with E-state index in [4.69, 9.17) is 9.15 Å². The zero-order valence-corrected chi connectivity index (χ0v) is 12.1. The van der Waals surface area contributed by atoms with E-state index in [1.807, 2.05) is 13.0 Å². The van der Waals surface area contributed by atoms with Crippen LogP contribution in [-0.2, 0) is 11.2 Å². The number of hydrogen-bond acceptors (Lipinski definition) is 6. The predicted octanol–water partition coefficient (Wildman–Crippen LogP) is 2.28. The molecule has 0 aliphatic carbocycles. The first kappa shape index (κ1) is 14.2. The van der Waals surface area contributed by atoms with Gasteiger partial charge in [-0.2, -0.15) is 0 Å². The molecule has 0 atom stereocenters. The zero-order chi connectivity index (χ0) is 13.5. The van der Waals surface area contributed by atoms with Gasteiger partial charge in [0, 0.05) is 20.1 Å². The fourth-order valence-electron chi connectivity index (χ4n) is 1.70. The second-order valence-corrected chi connectivity index (χ2v) is 5.34. The number of ether oxygens (including phenoxy) is 1. The molecule has 2 rings (SSSR count). The number of aromatic nitrogens is 2. The Morgan fingerprint density at radius 2 is 2.26 bits per heavy atom. The van der Waals surface area contributed by atoms with E-state index in [1.54, 1.807) is 24.7 Å². The minimum Gasteiger partial charge on any atom is -0.461 e. The van der Waals surface area contributed by atoms with Gasteiger partial charge in [-0.1, -0.05) is 11.3 Å². The van der Waals surface area contributed by atoms with Crippen LogP contribution in [0.25, 0.3) is 10.8 Å². The third kappa shape index (κ3) is 4.12. The van der Waals surface area contributed by atoms with Gasteiger partial charge in [0.15, 0.2) is 10.8 Å². The number of nitrogens with zero attached hydrogens (tertiary/aromatic N) is 2. The van der Waals surface area contributed by atoms with E-state index in [9.17, 15) is 0 Å². The molecule has 2 heterocycles. The van der Waals surface area contributed by atoms with Crippen LogP contribution in [0.4, 0.5) is 0 Å². The Bertz CT molecular complexity index is 496. The first-order valence-corrected chi connectivity index (χ1v) is 7.19. The van der Waals surface area contributed by atoms with Crippen molar-refractivity contribution in [1.29, 1.82) is 0 Å². The first-order chi connectivity index (χ1) is 9.31. The van der Waals surface area contributed by atoms with Gasteiger partial charge in [0.2, 0.25) is 0 Å². The second kappa shape index (κ2) is 7.37. The molecule has 0 saturated heterocycles. The number of furan rings is 1. The molecule has 0 aliphatic heterocycles. The molecule has 0 saturated carbocycles. The molecule has 104 valence electrons. The van der Waals surface area contributed by atoms with Crippen LogP contribution < -0.4 is 5.32 Å². The van der Waals surface area contributed by atoms with Crippen molar-refractivity contribution in [3.05, 3.63) is 22.9 Å². The Hall–Kier alpha value is -1.24. The third-order valence-electron chi connectivity index (χ3n) is 2.75. The Morgan fingerprint density at radius 3 is 3.00 bits per heavy atom. The van der Waals surface area contributed by atoms with Crippen molar-refractivity contribution in [2.24, 2.45) is 0 Å². The summed E-state index contributed by atoms with van der Waals surface area (Å²) in [6.45, 7) is 4.63. The zero-order valence-electron chi connectivity index (χ0n) is 11.3. The predicted molar refractivity (Wildman–Crippen MR) is 75.4 cm³/mol. The fraction of sp³-hybridized carbons (Fsp3) is 0.538. The van der Waals surface area contributed by atoms with E-state index in [1.165, 1.54) is 0 Å². The van der Waals surface area contributed by atoms with Crippen LogP contribution in [-0.4, -0.2) is 37.0 Å². The number of methoxy groups -OCH3 is 1. The van der Waals surface area contributed by atoms with E-state index in [2.05, 4.69) is 15.5 Å². The average Bonchev–Trinajstić information content (AvgIpc) is 3.02. The van der Waals surface area contributed by atoms with Crippen LogP contribution in [0.15, 0.2) is 16.7 Å². The minimum atomic E-state index is 0.751. The number of rotatable bonds is 8. The van der Waals surface area contributed by atoms with Crippen LogP contribution in [0.5, 0.6) is 0 Å². The summed E-state index contributed by atoms with van der Waals surface area (Å²) >= 11 is 1.60. The van der Waals surface area contributed by atoms with E-state index >= 15 is 0 Å². The largest absolute Gasteiger partial charge is 0.461 e. The molecule has 0 fully saturated rings. The summed E-state index contributed by atoms with van der Waals surface area (Å²) in [5, 5.41) is 13.6. The third-order valence-corrected chi connectivity index (χ3v) is 3.73. The maximum atomic E-state index is 5.42. The molecule has 2 aromatic rings. The maximum absolute atomic E-state index is 5.42. The highest BCUT2D eigenvalue weighted by molar-refractivity contribution is 7.14. The molecule has 19 heavy (non-hydrogen) atoms. The van der Waals surface area contributed by atoms with Gasteiger partial charge in [-0.05, 0) is 31.5 Å². The first-order valence-electron chi connectivity index (χ1n) is 6.37. The smallest absolute Gasteiger partial charge is 0.183 e. The summed E-state index contributed by atoms with van der Waals surface area (Å²) in [7, 11) is 1.71. The Labute approximate surface area is 117 Å². The van der Waals surface area contributed by atoms with Gasteiger partial charge in [0.05, 0.1) is 12.9 Å². The molecule has 0 aromatic carbocycles. The van der Waals surface area contributed by atoms with Crippen molar-refractivity contribution >= 4 is 11.3 Å². The van der Waals surface area contributed by atoms with Gasteiger partial charge < -0.3 is 14.5 Å². The van der Waals surface area contributed by atoms with E-state index in [0.717, 1.165) is 53.9 Å². The summed E-state index contributed by atoms with van der Waals surface area (Å²) in [6.07, 6.45) is 3.68. The van der Waals surface area contributed by atoms with Crippen molar-refractivity contribution < 1.29 is 9.15 Å². The van der Waals surface area contributed by atoms with Gasteiger partial charge in [0.25, 0.3) is 0 Å². The van der Waals surface area contributed by atoms with Gasteiger partial charge in [0.1, 0.15) is 5.01 Å². The summed E-state index contributed by atoms with van der Waals surface area (Å²) < 4.78 is 10.4. The molecular formula is C13H19N3O2S. The Kier molecular flexibility index (Phi) is 5.50. The number of hydrogen-bond donors (Lipinski definition) is 1. The van der Waals surface area contributed by atoms with Crippen LogP contribution in [0.1, 0.15) is 17.0 Å². The average molecular weight is 281 g/mol. The summed E-state index contributed by atoms with van der Waals surface area (Å²) in [6, 6.07) is 1.94. The molecule has 0 amide bonds. The molecular weight excluding hydrogens is 262 g/mol. The summed E-state index contributed by atoms with van der Waals surface area (Å²) in [5.74, 6) is 0.835. The van der Waals surface area contributed by atoms with Crippen LogP contribution in [0, 0.1) is 6.92 Å². The molecule has 6 heteroatoms. The van der Waals surface area contributed by atoms with Gasteiger partial charge in [-0.15, -0.1) is 10.2 Å². The van der Waals surface area contributed by atoms with Crippen molar-refractivity contribution in [3.8, 4) is 10.8 Å². The SMILES string of the molecule is COCCNCCCc1nnc(-c2occc2C)s1. The topological polar surface area (TPSA) is 60.2 Å². The summed E-state index contributed by atoms with van der Waals surface area (Å²) in [5.41, 5.74) is 1.10. The quantitative estimate of drug-likeness (QED) is 0.752. The Morgan fingerprint density at radius 1 is 1.37 bits per heavy atom. The van der Waals surface area contributed by atoms with Crippen molar-refractivity contribution in [3.63, 3.8) is 0 Å². The molecule has 2 aromatic heterocycles. The van der Waals surface area contributed by atoms with Crippen molar-refractivity contribution in [1.82, 2.24) is 15.5 Å². The number of nitrogens with one attached hydrogen (secondary N) is 1. The van der Waals surface area contributed by atoms with Crippen LogP contribution in [0.3, 0.4) is 0 Å². The van der Waals surface area contributed by atoms with Crippen molar-refractivity contribution in [2.45, 2.75) is 19.8 Å². The molecule has 1 N–H and O–H groups in total. The lowest BCUT2D eigenvalue weighted by atomic mass is 10.3. The highest BCUT2D eigenvalue weighted by Crippen LogP contribution is 2.27. The monoisotopic (exact) mass is 281 g/mol. The maximum Gasteiger partial charge on any atom is 0.183 e. The van der Waals surface area contributed by atoms with Crippen LogP contribution in [0.2, 0.25) is 0 Å². The highest BCUT2D eigenvalue weighted by Gasteiger charge is 2.11. The molecule has 0 bridgehead atoms. The molecule has 0 unspecified atom stereocenters. The second-order valence-electron chi connectivity index (χ2n) is 4.28. The minimum absolute atomic E-state index is 0.751. The normalized spacial score (nSPS) is 11.1. The summed E-state index contributed by atoms with van der Waals surface area (Å²) in [4.78, 5) is 0. The lowest BCUT2D eigenvalue weighted by Gasteiger charge is -2.01. The molecule has 0 radical (unpaired) electrons.